The van der Waals surface area contributed by atoms with E-state index in [1.54, 1.807) is 20.4 Å². The van der Waals surface area contributed by atoms with Gasteiger partial charge in [0, 0.05) is 31.9 Å². The van der Waals surface area contributed by atoms with Crippen LogP contribution in [0.4, 0.5) is 5.82 Å². The van der Waals surface area contributed by atoms with Gasteiger partial charge >= 0.3 is 0 Å². The van der Waals surface area contributed by atoms with E-state index in [1.165, 1.54) is 0 Å². The lowest BCUT2D eigenvalue weighted by Crippen LogP contribution is -2.22. The molecular weight excluding hydrogens is 336 g/mol. The summed E-state index contributed by atoms with van der Waals surface area (Å²) in [5, 5.41) is 18.3. The quantitative estimate of drug-likeness (QED) is 0.537. The molecule has 9 nitrogen and oxygen atoms in total. The molecule has 0 fully saturated rings. The zero-order chi connectivity index (χ0) is 18.1. The molecule has 1 unspecified atom stereocenters. The van der Waals surface area contributed by atoms with Crippen molar-refractivity contribution >= 4 is 16.9 Å². The number of rotatable bonds is 5. The van der Waals surface area contributed by atoms with Gasteiger partial charge in [0.2, 0.25) is 0 Å². The number of aromatic amines is 1. The Bertz CT molecular complexity index is 1010. The minimum Gasteiger partial charge on any atom is -0.356 e. The summed E-state index contributed by atoms with van der Waals surface area (Å²) in [4.78, 5) is 3.81. The Morgan fingerprint density at radius 2 is 2.12 bits per heavy atom. The topological polar surface area (TPSA) is 102 Å². The average Bonchev–Trinajstić information content (AvgIpc) is 3.33. The molecule has 0 bridgehead atoms. The van der Waals surface area contributed by atoms with E-state index in [4.69, 9.17) is 20.7 Å². The van der Waals surface area contributed by atoms with E-state index in [-0.39, 0.29) is 5.92 Å². The number of nitrogens with one attached hydrogen (secondary N) is 2. The molecule has 1 aliphatic heterocycles. The van der Waals surface area contributed by atoms with E-state index in [9.17, 15) is 0 Å². The summed E-state index contributed by atoms with van der Waals surface area (Å²) in [6.45, 7) is 7.79. The molecule has 2 N–H and O–H groups in total. The second kappa shape index (κ2) is 6.59. The number of fused-ring (bicyclic) bond motifs is 2. The first-order chi connectivity index (χ1) is 12.8. The summed E-state index contributed by atoms with van der Waals surface area (Å²) < 4.78 is 15.5. The van der Waals surface area contributed by atoms with Crippen molar-refractivity contribution in [3.05, 3.63) is 58.3 Å². The van der Waals surface area contributed by atoms with Crippen LogP contribution in [0.15, 0.2) is 40.4 Å². The highest BCUT2D eigenvalue weighted by Gasteiger charge is 2.34. The van der Waals surface area contributed by atoms with Crippen LogP contribution in [0.2, 0.25) is 0 Å². The molecule has 0 spiro atoms. The van der Waals surface area contributed by atoms with Crippen LogP contribution in [0, 0.1) is 6.57 Å². The average molecular weight is 352 g/mol. The molecule has 4 rings (SSSR count). The van der Waals surface area contributed by atoms with Crippen LogP contribution in [0.5, 0.6) is 0 Å². The smallest absolute Gasteiger partial charge is 0.196 e. The summed E-state index contributed by atoms with van der Waals surface area (Å²) in [5.41, 5.74) is 4.22. The third-order valence-corrected chi connectivity index (χ3v) is 4.48. The van der Waals surface area contributed by atoms with Gasteiger partial charge < -0.3 is 14.8 Å². The number of benzene rings is 1. The first kappa shape index (κ1) is 16.3. The third-order valence-electron chi connectivity index (χ3n) is 4.48. The Balaban J connectivity index is 1.89. The number of hydrogen-bond acceptors (Lipinski definition) is 7. The van der Waals surface area contributed by atoms with Gasteiger partial charge in [0.15, 0.2) is 12.0 Å². The Morgan fingerprint density at radius 1 is 1.27 bits per heavy atom. The Labute approximate surface area is 148 Å². The predicted molar refractivity (Wildman–Crippen MR) is 91.9 cm³/mol. The van der Waals surface area contributed by atoms with E-state index in [1.807, 2.05) is 18.2 Å². The van der Waals surface area contributed by atoms with Gasteiger partial charge in [-0.05, 0) is 21.9 Å². The highest BCUT2D eigenvalue weighted by molar-refractivity contribution is 5.80. The van der Waals surface area contributed by atoms with Crippen molar-refractivity contribution in [3.8, 4) is 0 Å². The van der Waals surface area contributed by atoms with Crippen molar-refractivity contribution in [2.75, 3.05) is 19.5 Å². The molecule has 1 atom stereocenters. The van der Waals surface area contributed by atoms with Crippen molar-refractivity contribution < 1.29 is 14.1 Å². The van der Waals surface area contributed by atoms with Gasteiger partial charge in [-0.1, -0.05) is 12.1 Å². The highest BCUT2D eigenvalue weighted by Crippen LogP contribution is 2.44. The summed E-state index contributed by atoms with van der Waals surface area (Å²) in [6.07, 6.45) is 1.64. The van der Waals surface area contributed by atoms with Gasteiger partial charge in [0.05, 0.1) is 18.7 Å². The van der Waals surface area contributed by atoms with Crippen LogP contribution in [0.3, 0.4) is 0 Å². The summed E-state index contributed by atoms with van der Waals surface area (Å²) >= 11 is 0. The standard InChI is InChI=1S/C17H16N6O3/c1-18-16-12(7-13(24-2)25-3)20-17-10(8-19-21-17)14(16)9-5-4-6-11-15(9)23-26-22-11/h4-6,8,13-14H,7H2,2-3H3,(H2,19,20,21). The van der Waals surface area contributed by atoms with Gasteiger partial charge in [-0.2, -0.15) is 5.10 Å². The molecule has 0 saturated carbocycles. The molecule has 1 aromatic carbocycles. The van der Waals surface area contributed by atoms with Crippen LogP contribution in [0.25, 0.3) is 15.9 Å². The van der Waals surface area contributed by atoms with Crippen molar-refractivity contribution in [1.82, 2.24) is 20.5 Å². The van der Waals surface area contributed by atoms with E-state index >= 15 is 0 Å². The molecule has 26 heavy (non-hydrogen) atoms. The van der Waals surface area contributed by atoms with Gasteiger partial charge in [-0.15, -0.1) is 0 Å². The summed E-state index contributed by atoms with van der Waals surface area (Å²) in [7, 11) is 3.13. The monoisotopic (exact) mass is 352 g/mol. The Morgan fingerprint density at radius 3 is 2.88 bits per heavy atom. The van der Waals surface area contributed by atoms with Gasteiger partial charge in [0.1, 0.15) is 16.9 Å². The zero-order valence-electron chi connectivity index (χ0n) is 14.2. The Kier molecular flexibility index (Phi) is 4.12. The fourth-order valence-electron chi connectivity index (χ4n) is 3.24. The number of allylic oxidation sites excluding steroid dienone is 1. The molecule has 0 saturated heterocycles. The lowest BCUT2D eigenvalue weighted by molar-refractivity contribution is -0.100. The number of H-pyrrole nitrogens is 1. The lowest BCUT2D eigenvalue weighted by Gasteiger charge is -2.27. The number of anilines is 1. The minimum absolute atomic E-state index is 0.345. The zero-order valence-corrected chi connectivity index (χ0v) is 14.2. The number of aromatic nitrogens is 4. The van der Waals surface area contributed by atoms with Gasteiger partial charge in [-0.3, -0.25) is 5.10 Å². The fourth-order valence-corrected chi connectivity index (χ4v) is 3.24. The maximum absolute atomic E-state index is 7.79. The molecule has 1 aliphatic rings. The van der Waals surface area contributed by atoms with Crippen LogP contribution < -0.4 is 5.32 Å². The van der Waals surface area contributed by atoms with Crippen molar-refractivity contribution in [3.63, 3.8) is 0 Å². The lowest BCUT2D eigenvalue weighted by atomic mass is 9.85. The molecule has 3 heterocycles. The number of nitrogens with zero attached hydrogens (tertiary/aromatic N) is 4. The van der Waals surface area contributed by atoms with Gasteiger partial charge in [0.25, 0.3) is 0 Å². The maximum Gasteiger partial charge on any atom is 0.196 e. The van der Waals surface area contributed by atoms with Crippen LogP contribution >= 0.6 is 0 Å². The first-order valence-corrected chi connectivity index (χ1v) is 7.94. The van der Waals surface area contributed by atoms with Crippen molar-refractivity contribution in [1.29, 1.82) is 0 Å². The molecule has 132 valence electrons. The molecular formula is C17H16N6O3. The van der Waals surface area contributed by atoms with Crippen molar-refractivity contribution in [2.24, 2.45) is 0 Å². The largest absolute Gasteiger partial charge is 0.356 e. The van der Waals surface area contributed by atoms with Crippen LogP contribution in [-0.4, -0.2) is 41.0 Å². The van der Waals surface area contributed by atoms with E-state index in [0.717, 1.165) is 16.9 Å². The highest BCUT2D eigenvalue weighted by atomic mass is 16.7. The summed E-state index contributed by atoms with van der Waals surface area (Å²) in [5.74, 6) is 0.388. The molecule has 0 aliphatic carbocycles. The first-order valence-electron chi connectivity index (χ1n) is 7.94. The van der Waals surface area contributed by atoms with E-state index in [0.29, 0.717) is 28.8 Å². The van der Waals surface area contributed by atoms with Crippen LogP contribution in [-0.2, 0) is 9.47 Å². The summed E-state index contributed by atoms with van der Waals surface area (Å²) in [6, 6.07) is 5.62. The minimum atomic E-state index is -0.469. The molecule has 9 heteroatoms. The molecule has 0 radical (unpaired) electrons. The van der Waals surface area contributed by atoms with Crippen LogP contribution in [0.1, 0.15) is 23.5 Å². The number of methoxy groups -OCH3 is 2. The molecule has 0 amide bonds. The predicted octanol–water partition coefficient (Wildman–Crippen LogP) is 2.64. The maximum atomic E-state index is 7.79. The molecule has 2 aromatic heterocycles. The Hall–Kier alpha value is -3.22. The SMILES string of the molecule is [C-]#[N+]C1=C(CC(OC)OC)Nc2[nH]ncc2C1c1cccc2nonc12. The van der Waals surface area contributed by atoms with E-state index in [2.05, 4.69) is 30.7 Å². The second-order valence-corrected chi connectivity index (χ2v) is 5.82. The molecule has 3 aromatic rings. The number of ether oxygens (including phenoxy) is 2. The normalized spacial score (nSPS) is 16.6. The van der Waals surface area contributed by atoms with Gasteiger partial charge in [-0.25, -0.2) is 9.47 Å². The third kappa shape index (κ3) is 2.52. The second-order valence-electron chi connectivity index (χ2n) is 5.82. The fraction of sp³-hybridized carbons (Fsp3) is 0.294. The van der Waals surface area contributed by atoms with E-state index < -0.39 is 6.29 Å². The van der Waals surface area contributed by atoms with Crippen molar-refractivity contribution in [2.45, 2.75) is 18.6 Å². The number of hydrogen-bond donors (Lipinski definition) is 2.